The lowest BCUT2D eigenvalue weighted by Crippen LogP contribution is -2.53. The molecule has 0 spiro atoms. The lowest BCUT2D eigenvalue weighted by Gasteiger charge is -2.34. The van der Waals surface area contributed by atoms with Crippen molar-refractivity contribution in [3.05, 3.63) is 118 Å². The Kier molecular flexibility index (Phi) is 12.1. The number of amides is 2. The van der Waals surface area contributed by atoms with E-state index >= 15 is 0 Å². The second-order valence-electron chi connectivity index (χ2n) is 10.3. The second-order valence-corrected chi connectivity index (χ2v) is 13.5. The van der Waals surface area contributed by atoms with E-state index in [1.807, 2.05) is 54.6 Å². The van der Waals surface area contributed by atoms with E-state index in [0.717, 1.165) is 19.9 Å². The van der Waals surface area contributed by atoms with Gasteiger partial charge >= 0.3 is 0 Å². The summed E-state index contributed by atoms with van der Waals surface area (Å²) >= 11 is 9.58. The summed E-state index contributed by atoms with van der Waals surface area (Å²) in [5.74, 6) is -0.365. The molecule has 0 heterocycles. The van der Waals surface area contributed by atoms with Crippen LogP contribution in [0.3, 0.4) is 0 Å². The van der Waals surface area contributed by atoms with Gasteiger partial charge in [-0.25, -0.2) is 8.42 Å². The Hall–Kier alpha value is -4.06. The van der Waals surface area contributed by atoms with Crippen molar-refractivity contribution in [1.82, 2.24) is 10.2 Å². The van der Waals surface area contributed by atoms with Crippen LogP contribution in [-0.4, -0.2) is 58.5 Å². The highest BCUT2D eigenvalue weighted by molar-refractivity contribution is 9.10. The SMILES string of the molecule is CCNC(=O)C(Cc1ccccc1)N(Cc1ccc(Br)cc1)C(=O)CN(c1ccc(Cl)cc1)S(=O)(=O)c1ccc(OC)c(OC)c1. The van der Waals surface area contributed by atoms with Crippen molar-refractivity contribution in [1.29, 1.82) is 0 Å². The van der Waals surface area contributed by atoms with Crippen LogP contribution < -0.4 is 19.1 Å². The first-order chi connectivity index (χ1) is 22.1. The summed E-state index contributed by atoms with van der Waals surface area (Å²) in [7, 11) is -1.49. The molecule has 242 valence electrons. The average molecular weight is 729 g/mol. The number of carbonyl (C=O) groups excluding carboxylic acids is 2. The molecule has 0 saturated heterocycles. The number of carbonyl (C=O) groups is 2. The number of hydrogen-bond acceptors (Lipinski definition) is 6. The molecule has 4 aromatic carbocycles. The Morgan fingerprint density at radius 1 is 0.870 bits per heavy atom. The standard InChI is InChI=1S/C34H35BrClN3O6S/c1-4-37-34(41)30(20-24-8-6-5-7-9-24)38(22-25-10-12-26(35)13-11-25)33(40)23-39(28-16-14-27(36)15-17-28)46(42,43)29-18-19-31(44-2)32(21-29)45-3/h5-19,21,30H,4,20,22-23H2,1-3H3,(H,37,41). The number of sulfonamides is 1. The Morgan fingerprint density at radius 3 is 2.13 bits per heavy atom. The third-order valence-electron chi connectivity index (χ3n) is 7.22. The van der Waals surface area contributed by atoms with Gasteiger partial charge in [-0.1, -0.05) is 70.0 Å². The molecule has 0 bridgehead atoms. The Balaban J connectivity index is 1.81. The van der Waals surface area contributed by atoms with E-state index in [4.69, 9.17) is 21.1 Å². The maximum Gasteiger partial charge on any atom is 0.264 e. The van der Waals surface area contributed by atoms with E-state index in [2.05, 4.69) is 21.2 Å². The Labute approximate surface area is 283 Å². The highest BCUT2D eigenvalue weighted by Gasteiger charge is 2.35. The van der Waals surface area contributed by atoms with Gasteiger partial charge in [0, 0.05) is 35.1 Å². The third-order valence-corrected chi connectivity index (χ3v) is 9.78. The summed E-state index contributed by atoms with van der Waals surface area (Å²) in [6.45, 7) is 1.62. The van der Waals surface area contributed by atoms with Crippen LogP contribution >= 0.6 is 27.5 Å². The van der Waals surface area contributed by atoms with Gasteiger partial charge in [-0.05, 0) is 66.6 Å². The molecule has 2 amide bonds. The molecule has 0 aliphatic rings. The molecule has 0 saturated carbocycles. The molecule has 4 rings (SSSR count). The topological polar surface area (TPSA) is 105 Å². The van der Waals surface area contributed by atoms with E-state index in [-0.39, 0.29) is 35.2 Å². The van der Waals surface area contributed by atoms with Crippen molar-refractivity contribution in [3.63, 3.8) is 0 Å². The largest absolute Gasteiger partial charge is 0.493 e. The normalized spacial score (nSPS) is 11.8. The Bertz CT molecular complexity index is 1740. The first-order valence-corrected chi connectivity index (χ1v) is 17.0. The minimum atomic E-state index is -4.35. The summed E-state index contributed by atoms with van der Waals surface area (Å²) in [6, 6.07) is 26.2. The maximum atomic E-state index is 14.5. The molecule has 0 aliphatic carbocycles. The fourth-order valence-electron chi connectivity index (χ4n) is 4.87. The maximum absolute atomic E-state index is 14.5. The lowest BCUT2D eigenvalue weighted by atomic mass is 10.0. The molecule has 0 fully saturated rings. The van der Waals surface area contributed by atoms with Crippen LogP contribution in [0.1, 0.15) is 18.1 Å². The minimum Gasteiger partial charge on any atom is -0.493 e. The second kappa shape index (κ2) is 16.0. The van der Waals surface area contributed by atoms with Crippen molar-refractivity contribution >= 4 is 55.1 Å². The van der Waals surface area contributed by atoms with Crippen molar-refractivity contribution in [3.8, 4) is 11.5 Å². The van der Waals surface area contributed by atoms with Gasteiger partial charge in [0.15, 0.2) is 11.5 Å². The summed E-state index contributed by atoms with van der Waals surface area (Å²) in [5.41, 5.74) is 1.83. The van der Waals surface area contributed by atoms with E-state index in [0.29, 0.717) is 17.3 Å². The van der Waals surface area contributed by atoms with Gasteiger partial charge in [0.05, 0.1) is 24.8 Å². The number of methoxy groups -OCH3 is 2. The van der Waals surface area contributed by atoms with Crippen LogP contribution in [0.4, 0.5) is 5.69 Å². The number of ether oxygens (including phenoxy) is 2. The van der Waals surface area contributed by atoms with E-state index < -0.39 is 28.5 Å². The molecule has 1 N–H and O–H groups in total. The van der Waals surface area contributed by atoms with E-state index in [9.17, 15) is 18.0 Å². The predicted octanol–water partition coefficient (Wildman–Crippen LogP) is 6.09. The first-order valence-electron chi connectivity index (χ1n) is 14.4. The number of likely N-dealkylation sites (N-methyl/N-ethyl adjacent to an activating group) is 1. The van der Waals surface area contributed by atoms with Crippen molar-refractivity contribution in [2.24, 2.45) is 0 Å². The fourth-order valence-corrected chi connectivity index (χ4v) is 6.69. The highest BCUT2D eigenvalue weighted by Crippen LogP contribution is 2.33. The number of halogens is 2. The zero-order valence-corrected chi connectivity index (χ0v) is 28.8. The number of benzene rings is 4. The predicted molar refractivity (Wildman–Crippen MR) is 183 cm³/mol. The lowest BCUT2D eigenvalue weighted by molar-refractivity contribution is -0.140. The molecule has 4 aromatic rings. The number of nitrogens with one attached hydrogen (secondary N) is 1. The molecular formula is C34H35BrClN3O6S. The quantitative estimate of drug-likeness (QED) is 0.169. The van der Waals surface area contributed by atoms with Crippen LogP contribution in [0.2, 0.25) is 5.02 Å². The summed E-state index contributed by atoms with van der Waals surface area (Å²) in [6.07, 6.45) is 0.221. The number of hydrogen-bond donors (Lipinski definition) is 1. The molecule has 0 radical (unpaired) electrons. The fraction of sp³-hybridized carbons (Fsp3) is 0.235. The van der Waals surface area contributed by atoms with Crippen LogP contribution in [0.25, 0.3) is 0 Å². The van der Waals surface area contributed by atoms with Crippen LogP contribution in [-0.2, 0) is 32.6 Å². The van der Waals surface area contributed by atoms with Gasteiger partial charge < -0.3 is 19.7 Å². The summed E-state index contributed by atoms with van der Waals surface area (Å²) in [4.78, 5) is 29.4. The monoisotopic (exact) mass is 727 g/mol. The number of nitrogens with zero attached hydrogens (tertiary/aromatic N) is 2. The molecule has 0 aromatic heterocycles. The van der Waals surface area contributed by atoms with Crippen LogP contribution in [0.5, 0.6) is 11.5 Å². The van der Waals surface area contributed by atoms with E-state index in [1.165, 1.54) is 49.5 Å². The van der Waals surface area contributed by atoms with Crippen LogP contribution in [0, 0.1) is 0 Å². The highest BCUT2D eigenvalue weighted by atomic mass is 79.9. The molecule has 1 atom stereocenters. The van der Waals surface area contributed by atoms with Gasteiger partial charge in [0.25, 0.3) is 10.0 Å². The molecule has 9 nitrogen and oxygen atoms in total. The van der Waals surface area contributed by atoms with Crippen LogP contribution in [0.15, 0.2) is 106 Å². The van der Waals surface area contributed by atoms with Crippen molar-refractivity contribution < 1.29 is 27.5 Å². The molecular weight excluding hydrogens is 694 g/mol. The van der Waals surface area contributed by atoms with Crippen molar-refractivity contribution in [2.75, 3.05) is 31.6 Å². The van der Waals surface area contributed by atoms with Crippen molar-refractivity contribution in [2.45, 2.75) is 30.8 Å². The smallest absolute Gasteiger partial charge is 0.264 e. The number of anilines is 1. The van der Waals surface area contributed by atoms with Gasteiger partial charge in [0.2, 0.25) is 11.8 Å². The summed E-state index contributed by atoms with van der Waals surface area (Å²) in [5, 5.41) is 3.25. The third kappa shape index (κ3) is 8.60. The van der Waals surface area contributed by atoms with Gasteiger partial charge in [-0.2, -0.15) is 0 Å². The Morgan fingerprint density at radius 2 is 1.52 bits per heavy atom. The molecule has 12 heteroatoms. The number of rotatable bonds is 14. The minimum absolute atomic E-state index is 0.0611. The van der Waals surface area contributed by atoms with E-state index in [1.54, 1.807) is 19.1 Å². The van der Waals surface area contributed by atoms with Gasteiger partial charge in [0.1, 0.15) is 12.6 Å². The summed E-state index contributed by atoms with van der Waals surface area (Å²) < 4.78 is 41.1. The molecule has 0 aliphatic heterocycles. The molecule has 46 heavy (non-hydrogen) atoms. The van der Waals surface area contributed by atoms with Gasteiger partial charge in [-0.3, -0.25) is 13.9 Å². The zero-order chi connectivity index (χ0) is 33.3. The average Bonchev–Trinajstić information content (AvgIpc) is 3.06. The molecule has 1 unspecified atom stereocenters. The van der Waals surface area contributed by atoms with Gasteiger partial charge in [-0.15, -0.1) is 0 Å². The zero-order valence-electron chi connectivity index (χ0n) is 25.7. The first kappa shape index (κ1) is 34.8.